The number of carbonyl (C=O) groups is 2. The SMILES string of the molecule is COc1cc2c(Nc3ccc(NC(=O)C(=O)Cc4ccc(Cl)c(C(F)(F)F)c4)cc3F)ccnc2cc1OCC1(N)CC1. The van der Waals surface area contributed by atoms with Crippen LogP contribution in [0, 0.1) is 5.82 Å². The first-order valence-electron chi connectivity index (χ1n) is 13.0. The Morgan fingerprint density at radius 2 is 1.81 bits per heavy atom. The second-order valence-corrected chi connectivity index (χ2v) is 10.6. The highest BCUT2D eigenvalue weighted by atomic mass is 35.5. The largest absolute Gasteiger partial charge is 0.493 e. The van der Waals surface area contributed by atoms with E-state index in [1.807, 2.05) is 0 Å². The Balaban J connectivity index is 1.28. The molecular formula is C30H25ClF4N4O4. The van der Waals surface area contributed by atoms with Gasteiger partial charge >= 0.3 is 6.18 Å². The molecule has 0 aliphatic heterocycles. The summed E-state index contributed by atoms with van der Waals surface area (Å²) in [4.78, 5) is 29.2. The van der Waals surface area contributed by atoms with Crippen molar-refractivity contribution in [3.8, 4) is 11.5 Å². The molecule has 224 valence electrons. The Hall–Kier alpha value is -4.42. The van der Waals surface area contributed by atoms with Gasteiger partial charge < -0.3 is 25.8 Å². The van der Waals surface area contributed by atoms with E-state index >= 15 is 4.39 Å². The highest BCUT2D eigenvalue weighted by Gasteiger charge is 2.39. The third kappa shape index (κ3) is 6.98. The number of aromatic nitrogens is 1. The summed E-state index contributed by atoms with van der Waals surface area (Å²) in [6, 6.07) is 11.8. The molecule has 8 nitrogen and oxygen atoms in total. The molecule has 0 bridgehead atoms. The number of nitrogens with zero attached hydrogens (tertiary/aromatic N) is 1. The number of amides is 1. The number of anilines is 3. The zero-order chi connectivity index (χ0) is 30.9. The molecule has 1 aromatic heterocycles. The summed E-state index contributed by atoms with van der Waals surface area (Å²) < 4.78 is 65.7. The van der Waals surface area contributed by atoms with E-state index in [0.717, 1.165) is 25.0 Å². The van der Waals surface area contributed by atoms with Gasteiger partial charge in [0.2, 0.25) is 5.78 Å². The average molecular weight is 617 g/mol. The Morgan fingerprint density at radius 3 is 2.49 bits per heavy atom. The molecule has 13 heteroatoms. The molecule has 4 N–H and O–H groups in total. The number of hydrogen-bond acceptors (Lipinski definition) is 7. The number of hydrogen-bond donors (Lipinski definition) is 3. The minimum atomic E-state index is -4.72. The normalized spacial score (nSPS) is 13.8. The molecule has 43 heavy (non-hydrogen) atoms. The zero-order valence-electron chi connectivity index (χ0n) is 22.6. The third-order valence-corrected chi connectivity index (χ3v) is 7.21. The van der Waals surface area contributed by atoms with Crippen LogP contribution >= 0.6 is 11.6 Å². The molecule has 0 radical (unpaired) electrons. The molecule has 1 saturated carbocycles. The number of carbonyl (C=O) groups excluding carboxylic acids is 2. The summed E-state index contributed by atoms with van der Waals surface area (Å²) in [5.41, 5.74) is 5.75. The predicted octanol–water partition coefficient (Wildman–Crippen LogP) is 6.42. The second kappa shape index (κ2) is 11.7. The van der Waals surface area contributed by atoms with Gasteiger partial charge in [-0.05, 0) is 60.9 Å². The van der Waals surface area contributed by atoms with Gasteiger partial charge in [0.15, 0.2) is 11.5 Å². The fourth-order valence-corrected chi connectivity index (χ4v) is 4.49. The number of alkyl halides is 3. The van der Waals surface area contributed by atoms with E-state index in [1.165, 1.54) is 25.3 Å². The maximum absolute atomic E-state index is 15.1. The van der Waals surface area contributed by atoms with E-state index < -0.39 is 40.7 Å². The number of ketones is 1. The average Bonchev–Trinajstić information content (AvgIpc) is 3.70. The van der Waals surface area contributed by atoms with Crippen LogP contribution in [0.2, 0.25) is 5.02 Å². The lowest BCUT2D eigenvalue weighted by atomic mass is 10.0. The van der Waals surface area contributed by atoms with Crippen LogP contribution in [-0.4, -0.2) is 35.9 Å². The van der Waals surface area contributed by atoms with E-state index in [0.29, 0.717) is 40.8 Å². The monoisotopic (exact) mass is 616 g/mol. The first-order chi connectivity index (χ1) is 20.3. The van der Waals surface area contributed by atoms with Crippen LogP contribution < -0.4 is 25.8 Å². The van der Waals surface area contributed by atoms with Gasteiger partial charge in [-0.3, -0.25) is 14.6 Å². The number of ether oxygens (including phenoxy) is 2. The first kappa shape index (κ1) is 30.1. The lowest BCUT2D eigenvalue weighted by molar-refractivity contribution is -0.137. The summed E-state index contributed by atoms with van der Waals surface area (Å²) in [5.74, 6) is -1.95. The summed E-state index contributed by atoms with van der Waals surface area (Å²) in [5, 5.41) is 5.37. The quantitative estimate of drug-likeness (QED) is 0.139. The first-order valence-corrected chi connectivity index (χ1v) is 13.4. The van der Waals surface area contributed by atoms with E-state index in [9.17, 15) is 22.8 Å². The predicted molar refractivity (Wildman–Crippen MR) is 153 cm³/mol. The van der Waals surface area contributed by atoms with Crippen LogP contribution in [0.3, 0.4) is 0 Å². The summed E-state index contributed by atoms with van der Waals surface area (Å²) in [6.45, 7) is 0.340. The molecule has 1 fully saturated rings. The number of Topliss-reactive ketones (excluding diaryl/α,β-unsaturated/α-hetero) is 1. The number of fused-ring (bicyclic) bond motifs is 1. The zero-order valence-corrected chi connectivity index (χ0v) is 23.4. The molecule has 5 rings (SSSR count). The van der Waals surface area contributed by atoms with Crippen molar-refractivity contribution in [3.63, 3.8) is 0 Å². The van der Waals surface area contributed by atoms with Gasteiger partial charge in [0, 0.05) is 35.4 Å². The lowest BCUT2D eigenvalue weighted by Gasteiger charge is -2.16. The van der Waals surface area contributed by atoms with Gasteiger partial charge in [0.25, 0.3) is 5.91 Å². The molecule has 3 aromatic carbocycles. The van der Waals surface area contributed by atoms with E-state index in [1.54, 1.807) is 24.4 Å². The minimum absolute atomic E-state index is 0.0233. The fraction of sp³-hybridized carbons (Fsp3) is 0.233. The molecule has 1 aliphatic rings. The molecule has 1 heterocycles. The van der Waals surface area contributed by atoms with Gasteiger partial charge in [-0.25, -0.2) is 4.39 Å². The summed E-state index contributed by atoms with van der Waals surface area (Å²) >= 11 is 5.60. The van der Waals surface area contributed by atoms with Gasteiger partial charge in [-0.2, -0.15) is 13.2 Å². The highest BCUT2D eigenvalue weighted by Crippen LogP contribution is 2.39. The van der Waals surface area contributed by atoms with Crippen LogP contribution in [0.15, 0.2) is 60.8 Å². The smallest absolute Gasteiger partial charge is 0.417 e. The number of benzene rings is 3. The van der Waals surface area contributed by atoms with Gasteiger partial charge in [-0.15, -0.1) is 0 Å². The highest BCUT2D eigenvalue weighted by molar-refractivity contribution is 6.41. The Kier molecular flexibility index (Phi) is 8.17. The standard InChI is InChI=1S/C30H25ClF4N4O4/c1-42-26-13-18-22(6-9-37-24(18)14-27(26)43-15-29(36)7-8-29)39-23-5-3-17(12-21(23)32)38-28(41)25(40)11-16-2-4-20(31)19(10-16)30(33,34)35/h2-6,9-10,12-14H,7-8,11,15,36H2,1H3,(H,37,39)(H,38,41). The summed E-state index contributed by atoms with van der Waals surface area (Å²) in [7, 11) is 1.50. The molecule has 0 unspecified atom stereocenters. The molecule has 1 amide bonds. The van der Waals surface area contributed by atoms with Crippen LogP contribution in [0.5, 0.6) is 11.5 Å². The Bertz CT molecular complexity index is 1730. The van der Waals surface area contributed by atoms with Crippen molar-refractivity contribution in [3.05, 3.63) is 82.8 Å². The van der Waals surface area contributed by atoms with Gasteiger partial charge in [0.05, 0.1) is 34.4 Å². The molecule has 4 aromatic rings. The van der Waals surface area contributed by atoms with Crippen LogP contribution in [-0.2, 0) is 22.2 Å². The maximum atomic E-state index is 15.1. The van der Waals surface area contributed by atoms with Crippen molar-refractivity contribution in [2.45, 2.75) is 31.0 Å². The Labute approximate surface area is 248 Å². The van der Waals surface area contributed by atoms with E-state index in [-0.39, 0.29) is 22.5 Å². The number of halogens is 5. The molecule has 0 saturated heterocycles. The Morgan fingerprint density at radius 1 is 1.05 bits per heavy atom. The molecular weight excluding hydrogens is 592 g/mol. The lowest BCUT2D eigenvalue weighted by Crippen LogP contribution is -2.29. The number of nitrogens with one attached hydrogen (secondary N) is 2. The third-order valence-electron chi connectivity index (χ3n) is 6.88. The number of nitrogens with two attached hydrogens (primary N) is 1. The van der Waals surface area contributed by atoms with Crippen molar-refractivity contribution < 1.29 is 36.6 Å². The topological polar surface area (TPSA) is 116 Å². The summed E-state index contributed by atoms with van der Waals surface area (Å²) in [6.07, 6.45) is -2.01. The van der Waals surface area contributed by atoms with Crippen molar-refractivity contribution in [1.29, 1.82) is 0 Å². The van der Waals surface area contributed by atoms with Gasteiger partial charge in [0.1, 0.15) is 12.4 Å². The van der Waals surface area contributed by atoms with E-state index in [2.05, 4.69) is 15.6 Å². The fourth-order valence-electron chi connectivity index (χ4n) is 4.27. The molecule has 1 aliphatic carbocycles. The van der Waals surface area contributed by atoms with Crippen molar-refractivity contribution in [2.75, 3.05) is 24.4 Å². The van der Waals surface area contributed by atoms with Crippen LogP contribution in [0.1, 0.15) is 24.0 Å². The molecule has 0 atom stereocenters. The van der Waals surface area contributed by atoms with Crippen LogP contribution in [0.4, 0.5) is 34.6 Å². The van der Waals surface area contributed by atoms with Crippen molar-refractivity contribution in [2.24, 2.45) is 5.73 Å². The number of methoxy groups -OCH3 is 1. The van der Waals surface area contributed by atoms with Gasteiger partial charge in [-0.1, -0.05) is 17.7 Å². The minimum Gasteiger partial charge on any atom is -0.493 e. The van der Waals surface area contributed by atoms with E-state index in [4.69, 9.17) is 26.8 Å². The second-order valence-electron chi connectivity index (χ2n) is 10.2. The van der Waals surface area contributed by atoms with Crippen molar-refractivity contribution >= 4 is 51.3 Å². The number of pyridine rings is 1. The molecule has 0 spiro atoms. The maximum Gasteiger partial charge on any atom is 0.417 e. The van der Waals surface area contributed by atoms with Crippen molar-refractivity contribution in [1.82, 2.24) is 4.98 Å². The number of rotatable bonds is 10. The van der Waals surface area contributed by atoms with Crippen LogP contribution in [0.25, 0.3) is 10.9 Å².